The molecule has 2 unspecified atom stereocenters. The van der Waals surface area contributed by atoms with E-state index in [0.717, 1.165) is 11.4 Å². The molecule has 0 aliphatic carbocycles. The largest absolute Gasteiger partial charge is 0.376 e. The Balaban J connectivity index is 2.04. The quantitative estimate of drug-likeness (QED) is 0.819. The van der Waals surface area contributed by atoms with Gasteiger partial charge in [0.05, 0.1) is 23.5 Å². The molecule has 2 atom stereocenters. The predicted molar refractivity (Wildman–Crippen MR) is 81.5 cm³/mol. The third-order valence-electron chi connectivity index (χ3n) is 3.73. The summed E-state index contributed by atoms with van der Waals surface area (Å²) >= 11 is 0. The molecule has 0 radical (unpaired) electrons. The van der Waals surface area contributed by atoms with Gasteiger partial charge in [-0.15, -0.1) is 0 Å². The van der Waals surface area contributed by atoms with Crippen LogP contribution >= 0.6 is 0 Å². The molecule has 1 heterocycles. The summed E-state index contributed by atoms with van der Waals surface area (Å²) in [5, 5.41) is 16.4. The second-order valence-electron chi connectivity index (χ2n) is 5.43. The number of rotatable bonds is 1. The first-order valence-corrected chi connectivity index (χ1v) is 6.80. The molecular formula is C17H17N3. The van der Waals surface area contributed by atoms with E-state index in [2.05, 4.69) is 28.8 Å². The van der Waals surface area contributed by atoms with Crippen molar-refractivity contribution in [2.45, 2.75) is 24.9 Å². The summed E-state index contributed by atoms with van der Waals surface area (Å²) in [7, 11) is 0. The molecular weight excluding hydrogens is 246 g/mol. The highest BCUT2D eigenvalue weighted by Crippen LogP contribution is 2.37. The zero-order chi connectivity index (χ0) is 14.0. The van der Waals surface area contributed by atoms with Gasteiger partial charge >= 0.3 is 0 Å². The Labute approximate surface area is 119 Å². The molecule has 0 saturated heterocycles. The second kappa shape index (κ2) is 4.90. The average molecular weight is 263 g/mol. The van der Waals surface area contributed by atoms with Crippen LogP contribution in [0.2, 0.25) is 0 Å². The molecule has 0 amide bonds. The number of benzene rings is 2. The normalized spacial score (nSPS) is 24.5. The summed E-state index contributed by atoms with van der Waals surface area (Å²) in [5.41, 5.74) is 2.64. The maximum atomic E-state index is 9.53. The number of hydrogen-bond donors (Lipinski definition) is 2. The summed E-state index contributed by atoms with van der Waals surface area (Å²) in [6, 6.07) is 20.8. The van der Waals surface area contributed by atoms with E-state index in [1.807, 2.05) is 49.4 Å². The molecule has 100 valence electrons. The first-order valence-electron chi connectivity index (χ1n) is 6.80. The Hall–Kier alpha value is -2.47. The highest BCUT2D eigenvalue weighted by atomic mass is 15.1. The average Bonchev–Trinajstić information content (AvgIpc) is 2.64. The summed E-state index contributed by atoms with van der Waals surface area (Å²) in [5.74, 6) is 0. The van der Waals surface area contributed by atoms with Crippen LogP contribution in [0.25, 0.3) is 0 Å². The van der Waals surface area contributed by atoms with Crippen molar-refractivity contribution in [1.29, 1.82) is 5.26 Å². The zero-order valence-electron chi connectivity index (χ0n) is 11.4. The standard InChI is InChI=1S/C17H17N3/c1-17(12-18)11-16(13-7-3-2-4-8-13)19-14-9-5-6-10-15(14)20-17/h2-10,16,19-20H,11H2,1H3. The van der Waals surface area contributed by atoms with Crippen molar-refractivity contribution in [3.63, 3.8) is 0 Å². The number of para-hydroxylation sites is 2. The van der Waals surface area contributed by atoms with Crippen LogP contribution in [0.1, 0.15) is 24.9 Å². The monoisotopic (exact) mass is 263 g/mol. The van der Waals surface area contributed by atoms with E-state index < -0.39 is 5.54 Å². The van der Waals surface area contributed by atoms with Crippen LogP contribution in [0.3, 0.4) is 0 Å². The number of nitriles is 1. The van der Waals surface area contributed by atoms with Gasteiger partial charge in [0.15, 0.2) is 0 Å². The smallest absolute Gasteiger partial charge is 0.124 e. The van der Waals surface area contributed by atoms with Gasteiger partial charge in [0.2, 0.25) is 0 Å². The molecule has 0 saturated carbocycles. The van der Waals surface area contributed by atoms with Gasteiger partial charge in [0.1, 0.15) is 5.54 Å². The molecule has 0 fully saturated rings. The Morgan fingerprint density at radius 1 is 1.05 bits per heavy atom. The highest BCUT2D eigenvalue weighted by molar-refractivity contribution is 5.71. The number of anilines is 2. The number of nitrogens with one attached hydrogen (secondary N) is 2. The highest BCUT2D eigenvalue weighted by Gasteiger charge is 2.32. The van der Waals surface area contributed by atoms with Crippen molar-refractivity contribution in [3.8, 4) is 6.07 Å². The Morgan fingerprint density at radius 3 is 2.40 bits per heavy atom. The third-order valence-corrected chi connectivity index (χ3v) is 3.73. The van der Waals surface area contributed by atoms with Gasteiger partial charge in [-0.25, -0.2) is 0 Å². The molecule has 2 aromatic carbocycles. The molecule has 3 nitrogen and oxygen atoms in total. The molecule has 3 heteroatoms. The van der Waals surface area contributed by atoms with Gasteiger partial charge in [0.25, 0.3) is 0 Å². The minimum absolute atomic E-state index is 0.122. The van der Waals surface area contributed by atoms with E-state index in [9.17, 15) is 5.26 Å². The van der Waals surface area contributed by atoms with Crippen molar-refractivity contribution in [2.75, 3.05) is 10.6 Å². The molecule has 2 N–H and O–H groups in total. The lowest BCUT2D eigenvalue weighted by molar-refractivity contribution is 0.544. The summed E-state index contributed by atoms with van der Waals surface area (Å²) in [6.07, 6.45) is 0.711. The van der Waals surface area contributed by atoms with Crippen LogP contribution in [0.15, 0.2) is 54.6 Å². The second-order valence-corrected chi connectivity index (χ2v) is 5.43. The fourth-order valence-electron chi connectivity index (χ4n) is 2.67. The molecule has 0 bridgehead atoms. The van der Waals surface area contributed by atoms with E-state index in [-0.39, 0.29) is 6.04 Å². The van der Waals surface area contributed by atoms with Gasteiger partial charge in [0, 0.05) is 6.42 Å². The SMILES string of the molecule is CC1(C#N)CC(c2ccccc2)Nc2ccccc2N1. The van der Waals surface area contributed by atoms with Crippen molar-refractivity contribution >= 4 is 11.4 Å². The van der Waals surface area contributed by atoms with E-state index in [1.165, 1.54) is 5.56 Å². The van der Waals surface area contributed by atoms with Crippen LogP contribution in [-0.4, -0.2) is 5.54 Å². The first kappa shape index (κ1) is 12.6. The van der Waals surface area contributed by atoms with Gasteiger partial charge in [-0.1, -0.05) is 42.5 Å². The van der Waals surface area contributed by atoms with Crippen LogP contribution in [0.4, 0.5) is 11.4 Å². The predicted octanol–water partition coefficient (Wildman–Crippen LogP) is 3.94. The fraction of sp³-hybridized carbons (Fsp3) is 0.235. The van der Waals surface area contributed by atoms with Gasteiger partial charge in [-0.2, -0.15) is 5.26 Å². The lowest BCUT2D eigenvalue weighted by Gasteiger charge is -2.25. The third kappa shape index (κ3) is 2.33. The van der Waals surface area contributed by atoms with Crippen LogP contribution < -0.4 is 10.6 Å². The summed E-state index contributed by atoms with van der Waals surface area (Å²) < 4.78 is 0. The maximum Gasteiger partial charge on any atom is 0.124 e. The van der Waals surface area contributed by atoms with Crippen molar-refractivity contribution < 1.29 is 0 Å². The maximum absolute atomic E-state index is 9.53. The molecule has 0 spiro atoms. The van der Waals surface area contributed by atoms with E-state index in [1.54, 1.807) is 0 Å². The first-order chi connectivity index (χ1) is 9.70. The Kier molecular flexibility index (Phi) is 3.08. The molecule has 1 aliphatic rings. The molecule has 0 aromatic heterocycles. The number of nitrogens with zero attached hydrogens (tertiary/aromatic N) is 1. The lowest BCUT2D eigenvalue weighted by atomic mass is 9.91. The van der Waals surface area contributed by atoms with E-state index in [4.69, 9.17) is 0 Å². The molecule has 1 aliphatic heterocycles. The van der Waals surface area contributed by atoms with Crippen LogP contribution in [-0.2, 0) is 0 Å². The molecule has 2 aromatic rings. The van der Waals surface area contributed by atoms with Crippen molar-refractivity contribution in [1.82, 2.24) is 0 Å². The summed E-state index contributed by atoms with van der Waals surface area (Å²) in [4.78, 5) is 0. The minimum atomic E-state index is -0.583. The van der Waals surface area contributed by atoms with Crippen molar-refractivity contribution in [2.24, 2.45) is 0 Å². The molecule has 20 heavy (non-hydrogen) atoms. The lowest BCUT2D eigenvalue weighted by Crippen LogP contribution is -2.34. The van der Waals surface area contributed by atoms with Crippen LogP contribution in [0.5, 0.6) is 0 Å². The number of hydrogen-bond acceptors (Lipinski definition) is 3. The van der Waals surface area contributed by atoms with Crippen molar-refractivity contribution in [3.05, 3.63) is 60.2 Å². The molecule has 3 rings (SSSR count). The minimum Gasteiger partial charge on any atom is -0.376 e. The van der Waals surface area contributed by atoms with Gasteiger partial charge in [-0.05, 0) is 24.6 Å². The van der Waals surface area contributed by atoms with Gasteiger partial charge in [-0.3, -0.25) is 0 Å². The Bertz CT molecular complexity index is 645. The van der Waals surface area contributed by atoms with Crippen LogP contribution in [0, 0.1) is 11.3 Å². The van der Waals surface area contributed by atoms with E-state index >= 15 is 0 Å². The fourth-order valence-corrected chi connectivity index (χ4v) is 2.67. The Morgan fingerprint density at radius 2 is 1.70 bits per heavy atom. The van der Waals surface area contributed by atoms with E-state index in [0.29, 0.717) is 6.42 Å². The zero-order valence-corrected chi connectivity index (χ0v) is 11.4. The van der Waals surface area contributed by atoms with Gasteiger partial charge < -0.3 is 10.6 Å². The summed E-state index contributed by atoms with van der Waals surface area (Å²) in [6.45, 7) is 1.95. The number of fused-ring (bicyclic) bond motifs is 1. The topological polar surface area (TPSA) is 47.9 Å².